The monoisotopic (exact) mass is 416 g/mol. The fourth-order valence-corrected chi connectivity index (χ4v) is 3.93. The Morgan fingerprint density at radius 2 is 1.93 bits per heavy atom. The predicted molar refractivity (Wildman–Crippen MR) is 117 cm³/mol. The van der Waals surface area contributed by atoms with E-state index >= 15 is 0 Å². The molecule has 0 saturated carbocycles. The van der Waals surface area contributed by atoms with Crippen LogP contribution in [0, 0.1) is 6.92 Å². The molecule has 2 aromatic heterocycles. The van der Waals surface area contributed by atoms with Crippen LogP contribution in [0.1, 0.15) is 15.9 Å². The highest BCUT2D eigenvalue weighted by Crippen LogP contribution is 2.29. The molecule has 2 aromatic carbocycles. The molecule has 0 amide bonds. The van der Waals surface area contributed by atoms with Gasteiger partial charge in [0.15, 0.2) is 16.8 Å². The molecule has 2 heterocycles. The summed E-state index contributed by atoms with van der Waals surface area (Å²) in [6.45, 7) is 2.04. The number of Topliss-reactive ketones (excluding diaryl/α,β-unsaturated/α-hetero) is 1. The van der Waals surface area contributed by atoms with Gasteiger partial charge in [-0.25, -0.2) is 0 Å². The second kappa shape index (κ2) is 8.92. The molecule has 0 radical (unpaired) electrons. The lowest BCUT2D eigenvalue weighted by atomic mass is 10.1. The number of nitrogens with zero attached hydrogens (tertiary/aromatic N) is 4. The minimum atomic E-state index is 0.00108. The van der Waals surface area contributed by atoms with Gasteiger partial charge in [-0.3, -0.25) is 14.3 Å². The van der Waals surface area contributed by atoms with Crippen LogP contribution in [0.15, 0.2) is 78.2 Å². The standard InChI is InChI=1S/C23H20N4O2S/c1-16-7-3-4-11-20(16)27-22(18-9-6-12-24-14-18)25-26-23(27)30-15-21(28)17-8-5-10-19(13-17)29-2/h3-14H,15H2,1-2H3. The van der Waals surface area contributed by atoms with Crippen LogP contribution in [0.5, 0.6) is 5.75 Å². The van der Waals surface area contributed by atoms with Gasteiger partial charge in [-0.15, -0.1) is 10.2 Å². The lowest BCUT2D eigenvalue weighted by Gasteiger charge is -2.12. The van der Waals surface area contributed by atoms with Gasteiger partial charge in [-0.05, 0) is 42.8 Å². The minimum Gasteiger partial charge on any atom is -0.497 e. The number of carbonyl (C=O) groups is 1. The number of aromatic nitrogens is 4. The van der Waals surface area contributed by atoms with E-state index in [-0.39, 0.29) is 11.5 Å². The molecule has 0 spiro atoms. The van der Waals surface area contributed by atoms with E-state index < -0.39 is 0 Å². The number of thioether (sulfide) groups is 1. The second-order valence-electron chi connectivity index (χ2n) is 6.61. The lowest BCUT2D eigenvalue weighted by molar-refractivity contribution is 0.102. The van der Waals surface area contributed by atoms with Gasteiger partial charge in [0, 0.05) is 23.5 Å². The molecule has 0 saturated heterocycles. The number of hydrogen-bond donors (Lipinski definition) is 0. The molecular weight excluding hydrogens is 396 g/mol. The molecule has 0 atom stereocenters. The molecular formula is C23H20N4O2S. The van der Waals surface area contributed by atoms with Crippen LogP contribution in [0.3, 0.4) is 0 Å². The largest absolute Gasteiger partial charge is 0.497 e. The molecule has 0 fully saturated rings. The molecule has 4 aromatic rings. The quantitative estimate of drug-likeness (QED) is 0.323. The molecule has 30 heavy (non-hydrogen) atoms. The van der Waals surface area contributed by atoms with E-state index in [1.54, 1.807) is 31.6 Å². The van der Waals surface area contributed by atoms with Crippen LogP contribution in [-0.2, 0) is 0 Å². The van der Waals surface area contributed by atoms with Crippen molar-refractivity contribution in [3.05, 3.63) is 84.2 Å². The summed E-state index contributed by atoms with van der Waals surface area (Å²) in [6.07, 6.45) is 3.48. The van der Waals surface area contributed by atoms with Gasteiger partial charge < -0.3 is 4.74 Å². The summed E-state index contributed by atoms with van der Waals surface area (Å²) in [4.78, 5) is 16.9. The van der Waals surface area contributed by atoms with Crippen molar-refractivity contribution in [3.8, 4) is 22.8 Å². The minimum absolute atomic E-state index is 0.00108. The first kappa shape index (κ1) is 19.8. The Hall–Kier alpha value is -3.45. The summed E-state index contributed by atoms with van der Waals surface area (Å²) >= 11 is 1.36. The third-order valence-electron chi connectivity index (χ3n) is 4.63. The van der Waals surface area contributed by atoms with Crippen LogP contribution < -0.4 is 4.74 Å². The van der Waals surface area contributed by atoms with Crippen molar-refractivity contribution < 1.29 is 9.53 Å². The molecule has 6 nitrogen and oxygen atoms in total. The van der Waals surface area contributed by atoms with Crippen LogP contribution in [0.4, 0.5) is 0 Å². The highest BCUT2D eigenvalue weighted by molar-refractivity contribution is 7.99. The van der Waals surface area contributed by atoms with Gasteiger partial charge in [0.05, 0.1) is 18.6 Å². The number of ether oxygens (including phenoxy) is 1. The maximum absolute atomic E-state index is 12.7. The molecule has 0 bridgehead atoms. The van der Waals surface area contributed by atoms with Crippen molar-refractivity contribution in [1.29, 1.82) is 0 Å². The Morgan fingerprint density at radius 3 is 2.70 bits per heavy atom. The zero-order valence-electron chi connectivity index (χ0n) is 16.6. The molecule has 150 valence electrons. The average molecular weight is 417 g/mol. The van der Waals surface area contributed by atoms with Crippen LogP contribution in [0.25, 0.3) is 17.1 Å². The summed E-state index contributed by atoms with van der Waals surface area (Å²) in [5, 5.41) is 9.44. The molecule has 0 N–H and O–H groups in total. The van der Waals surface area contributed by atoms with Crippen molar-refractivity contribution in [2.24, 2.45) is 0 Å². The summed E-state index contributed by atoms with van der Waals surface area (Å²) in [5.41, 5.74) is 3.52. The van der Waals surface area contributed by atoms with Gasteiger partial charge in [0.1, 0.15) is 5.75 Å². The number of aryl methyl sites for hydroxylation is 1. The van der Waals surface area contributed by atoms with E-state index in [4.69, 9.17) is 4.74 Å². The Kier molecular flexibility index (Phi) is 5.90. The third kappa shape index (κ3) is 4.11. The molecule has 0 unspecified atom stereocenters. The fourth-order valence-electron chi connectivity index (χ4n) is 3.09. The molecule has 0 aliphatic rings. The summed E-state index contributed by atoms with van der Waals surface area (Å²) in [7, 11) is 1.59. The van der Waals surface area contributed by atoms with E-state index in [2.05, 4.69) is 15.2 Å². The van der Waals surface area contributed by atoms with Crippen LogP contribution >= 0.6 is 11.8 Å². The number of rotatable bonds is 7. The van der Waals surface area contributed by atoms with Gasteiger partial charge in [0.25, 0.3) is 0 Å². The zero-order chi connectivity index (χ0) is 20.9. The number of pyridine rings is 1. The highest BCUT2D eigenvalue weighted by atomic mass is 32.2. The molecule has 4 rings (SSSR count). The van der Waals surface area contributed by atoms with Gasteiger partial charge in [-0.2, -0.15) is 0 Å². The number of carbonyl (C=O) groups excluding carboxylic acids is 1. The summed E-state index contributed by atoms with van der Waals surface area (Å²) in [5.74, 6) is 1.59. The maximum Gasteiger partial charge on any atom is 0.196 e. The first-order valence-electron chi connectivity index (χ1n) is 9.39. The summed E-state index contributed by atoms with van der Waals surface area (Å²) < 4.78 is 7.20. The smallest absolute Gasteiger partial charge is 0.196 e. The summed E-state index contributed by atoms with van der Waals surface area (Å²) in [6, 6.07) is 19.0. The van der Waals surface area contributed by atoms with E-state index in [1.165, 1.54) is 11.8 Å². The number of benzene rings is 2. The van der Waals surface area contributed by atoms with E-state index in [0.717, 1.165) is 16.8 Å². The lowest BCUT2D eigenvalue weighted by Crippen LogP contribution is -2.06. The molecule has 7 heteroatoms. The van der Waals surface area contributed by atoms with Gasteiger partial charge in [-0.1, -0.05) is 42.1 Å². The topological polar surface area (TPSA) is 69.9 Å². The highest BCUT2D eigenvalue weighted by Gasteiger charge is 2.19. The third-order valence-corrected chi connectivity index (χ3v) is 5.56. The number of hydrogen-bond acceptors (Lipinski definition) is 6. The van der Waals surface area contributed by atoms with Crippen molar-refractivity contribution >= 4 is 17.5 Å². The first-order chi connectivity index (χ1) is 14.7. The van der Waals surface area contributed by atoms with Crippen molar-refractivity contribution in [3.63, 3.8) is 0 Å². The first-order valence-corrected chi connectivity index (χ1v) is 10.4. The second-order valence-corrected chi connectivity index (χ2v) is 7.56. The Balaban J connectivity index is 1.67. The van der Waals surface area contributed by atoms with Crippen LogP contribution in [0.2, 0.25) is 0 Å². The van der Waals surface area contributed by atoms with Gasteiger partial charge in [0.2, 0.25) is 0 Å². The van der Waals surface area contributed by atoms with E-state index in [9.17, 15) is 4.79 Å². The Morgan fingerprint density at radius 1 is 1.07 bits per heavy atom. The van der Waals surface area contributed by atoms with E-state index in [0.29, 0.717) is 22.3 Å². The van der Waals surface area contributed by atoms with Crippen molar-refractivity contribution in [1.82, 2.24) is 19.7 Å². The molecule has 0 aliphatic heterocycles. The fraction of sp³-hybridized carbons (Fsp3) is 0.130. The number of para-hydroxylation sites is 1. The van der Waals surface area contributed by atoms with Crippen LogP contribution in [-0.4, -0.2) is 38.4 Å². The average Bonchev–Trinajstić information content (AvgIpc) is 3.22. The SMILES string of the molecule is COc1cccc(C(=O)CSc2nnc(-c3cccnc3)n2-c2ccccc2C)c1. The Bertz CT molecular complexity index is 1170. The van der Waals surface area contributed by atoms with E-state index in [1.807, 2.05) is 60.0 Å². The Labute approximate surface area is 179 Å². The van der Waals surface area contributed by atoms with Crippen molar-refractivity contribution in [2.45, 2.75) is 12.1 Å². The normalized spacial score (nSPS) is 10.7. The zero-order valence-corrected chi connectivity index (χ0v) is 17.5. The maximum atomic E-state index is 12.7. The number of ketones is 1. The predicted octanol–water partition coefficient (Wildman–Crippen LogP) is 4.62. The molecule has 0 aliphatic carbocycles. The van der Waals surface area contributed by atoms with Crippen molar-refractivity contribution in [2.75, 3.05) is 12.9 Å². The van der Waals surface area contributed by atoms with Gasteiger partial charge >= 0.3 is 0 Å². The number of methoxy groups -OCH3 is 1.